The number of aromatic nitrogens is 1. The molecule has 1 aromatic heterocycles. The molecule has 8 nitrogen and oxygen atoms in total. The fourth-order valence-electron chi connectivity index (χ4n) is 4.09. The number of aryl methyl sites for hydroxylation is 1. The molecule has 0 bridgehead atoms. The number of aromatic carboxylic acids is 1. The van der Waals surface area contributed by atoms with Crippen LogP contribution < -0.4 is 14.5 Å². The third kappa shape index (κ3) is 4.96. The van der Waals surface area contributed by atoms with Crippen LogP contribution in [0.2, 0.25) is 0 Å². The number of piperazine rings is 1. The number of nitrogens with one attached hydrogen (secondary N) is 1. The van der Waals surface area contributed by atoms with Crippen LogP contribution in [0.4, 0.5) is 21.6 Å². The topological polar surface area (TPSA) is 103 Å². The zero-order chi connectivity index (χ0) is 24.5. The number of halogens is 1. The van der Waals surface area contributed by atoms with Gasteiger partial charge in [-0.1, -0.05) is 12.1 Å². The summed E-state index contributed by atoms with van der Waals surface area (Å²) in [5.41, 5.74) is 2.19. The molecule has 3 aromatic rings. The first kappa shape index (κ1) is 23.5. The van der Waals surface area contributed by atoms with Gasteiger partial charge < -0.3 is 14.9 Å². The second-order valence-corrected chi connectivity index (χ2v) is 9.97. The van der Waals surface area contributed by atoms with Crippen molar-refractivity contribution < 1.29 is 22.7 Å². The van der Waals surface area contributed by atoms with E-state index in [1.807, 2.05) is 24.0 Å². The number of rotatable bonds is 6. The first-order chi connectivity index (χ1) is 16.1. The third-order valence-electron chi connectivity index (χ3n) is 5.73. The predicted molar refractivity (Wildman–Crippen MR) is 129 cm³/mol. The Kier molecular flexibility index (Phi) is 6.43. The number of carboxylic acids is 1. The van der Waals surface area contributed by atoms with Crippen molar-refractivity contribution in [2.24, 2.45) is 0 Å². The van der Waals surface area contributed by atoms with E-state index < -0.39 is 21.8 Å². The van der Waals surface area contributed by atoms with Crippen molar-refractivity contribution in [1.29, 1.82) is 0 Å². The van der Waals surface area contributed by atoms with Crippen molar-refractivity contribution in [3.63, 3.8) is 0 Å². The van der Waals surface area contributed by atoms with Crippen molar-refractivity contribution in [2.45, 2.75) is 24.8 Å². The lowest BCUT2D eigenvalue weighted by molar-refractivity contribution is 0.0697. The maximum atomic E-state index is 13.1. The molecule has 178 valence electrons. The average molecular weight is 485 g/mol. The van der Waals surface area contributed by atoms with Crippen LogP contribution in [0.1, 0.15) is 22.8 Å². The van der Waals surface area contributed by atoms with Crippen molar-refractivity contribution in [3.8, 4) is 0 Å². The molecule has 0 spiro atoms. The number of hydrogen-bond donors (Lipinski definition) is 2. The molecule has 1 saturated heterocycles. The van der Waals surface area contributed by atoms with Crippen LogP contribution in [-0.4, -0.2) is 50.2 Å². The summed E-state index contributed by atoms with van der Waals surface area (Å²) in [7, 11) is -4.03. The van der Waals surface area contributed by atoms with Crippen LogP contribution in [0.15, 0.2) is 65.7 Å². The quantitative estimate of drug-likeness (QED) is 0.549. The largest absolute Gasteiger partial charge is 0.478 e. The minimum atomic E-state index is -4.03. The minimum absolute atomic E-state index is 0.0110. The number of carbonyl (C=O) groups is 1. The van der Waals surface area contributed by atoms with Gasteiger partial charge in [0.2, 0.25) is 0 Å². The molecule has 1 aliphatic rings. The summed E-state index contributed by atoms with van der Waals surface area (Å²) in [5, 5.41) is 9.80. The lowest BCUT2D eigenvalue weighted by Crippen LogP contribution is -2.52. The summed E-state index contributed by atoms with van der Waals surface area (Å²) in [4.78, 5) is 20.3. The Morgan fingerprint density at radius 1 is 1.15 bits per heavy atom. The maximum Gasteiger partial charge on any atom is 0.339 e. The molecule has 0 saturated carbocycles. The number of hydrogen-bond acceptors (Lipinski definition) is 6. The summed E-state index contributed by atoms with van der Waals surface area (Å²) in [6.45, 7) is 5.91. The zero-order valence-electron chi connectivity index (χ0n) is 18.8. The van der Waals surface area contributed by atoms with E-state index in [9.17, 15) is 22.7 Å². The summed E-state index contributed by atoms with van der Waals surface area (Å²) in [6.07, 6.45) is 1.29. The Morgan fingerprint density at radius 3 is 2.53 bits per heavy atom. The van der Waals surface area contributed by atoms with E-state index in [1.165, 1.54) is 17.8 Å². The van der Waals surface area contributed by atoms with Crippen LogP contribution in [0.3, 0.4) is 0 Å². The molecule has 2 N–H and O–H groups in total. The van der Waals surface area contributed by atoms with Crippen LogP contribution in [0.5, 0.6) is 0 Å². The van der Waals surface area contributed by atoms with E-state index in [1.54, 1.807) is 0 Å². The molecule has 10 heteroatoms. The van der Waals surface area contributed by atoms with E-state index in [0.717, 1.165) is 30.0 Å². The van der Waals surface area contributed by atoms with Crippen LogP contribution >= 0.6 is 0 Å². The number of benzene rings is 2. The first-order valence-electron chi connectivity index (χ1n) is 10.7. The monoisotopic (exact) mass is 484 g/mol. The molecule has 0 unspecified atom stereocenters. The molecular formula is C24H25FN4O4S. The zero-order valence-corrected chi connectivity index (χ0v) is 19.6. The van der Waals surface area contributed by atoms with Gasteiger partial charge in [-0.05, 0) is 61.9 Å². The molecule has 34 heavy (non-hydrogen) atoms. The highest BCUT2D eigenvalue weighted by Gasteiger charge is 2.28. The van der Waals surface area contributed by atoms with E-state index in [-0.39, 0.29) is 28.0 Å². The number of sulfonamides is 1. The normalized spacial score (nSPS) is 16.4. The van der Waals surface area contributed by atoms with Gasteiger partial charge in [0, 0.05) is 31.4 Å². The maximum absolute atomic E-state index is 13.1. The van der Waals surface area contributed by atoms with E-state index >= 15 is 0 Å². The van der Waals surface area contributed by atoms with Gasteiger partial charge in [-0.15, -0.1) is 0 Å². The molecule has 2 aromatic carbocycles. The van der Waals surface area contributed by atoms with Gasteiger partial charge in [-0.2, -0.15) is 0 Å². The van der Waals surface area contributed by atoms with Gasteiger partial charge in [0.05, 0.1) is 16.8 Å². The fraction of sp³-hybridized carbons (Fsp3) is 0.250. The SMILES string of the molecule is Cc1cccc(N2CCN(c3ncc(NS(=O)(=O)c4ccc(F)cc4)cc3C(=O)O)C[C@@H]2C)c1. The molecule has 2 heterocycles. The fourth-order valence-corrected chi connectivity index (χ4v) is 5.12. The Labute approximate surface area is 197 Å². The highest BCUT2D eigenvalue weighted by Crippen LogP contribution is 2.28. The Hall–Kier alpha value is -3.66. The number of carboxylic acid groups (broad SMARTS) is 1. The molecule has 0 aliphatic carbocycles. The van der Waals surface area contributed by atoms with Gasteiger partial charge in [-0.3, -0.25) is 4.72 Å². The second-order valence-electron chi connectivity index (χ2n) is 8.29. The molecule has 1 aliphatic heterocycles. The Morgan fingerprint density at radius 2 is 1.88 bits per heavy atom. The Balaban J connectivity index is 1.55. The van der Waals surface area contributed by atoms with Gasteiger partial charge in [0.25, 0.3) is 10.0 Å². The van der Waals surface area contributed by atoms with Gasteiger partial charge in [0.15, 0.2) is 0 Å². The van der Waals surface area contributed by atoms with Crippen molar-refractivity contribution in [2.75, 3.05) is 34.2 Å². The lowest BCUT2D eigenvalue weighted by atomic mass is 10.1. The second kappa shape index (κ2) is 9.30. The lowest BCUT2D eigenvalue weighted by Gasteiger charge is -2.42. The predicted octanol–water partition coefficient (Wildman–Crippen LogP) is 3.74. The first-order valence-corrected chi connectivity index (χ1v) is 12.2. The summed E-state index contributed by atoms with van der Waals surface area (Å²) in [6, 6.07) is 13.9. The van der Waals surface area contributed by atoms with Crippen LogP contribution in [0.25, 0.3) is 0 Å². The standard InChI is InChI=1S/C24H25FN4O4S/c1-16-4-3-5-20(12-16)29-11-10-28(15-17(29)2)23-22(24(30)31)13-19(14-26-23)27-34(32,33)21-8-6-18(25)7-9-21/h3-9,12-14,17,27H,10-11,15H2,1-2H3,(H,30,31)/t17-/m0/s1. The molecule has 4 rings (SSSR count). The van der Waals surface area contributed by atoms with E-state index in [2.05, 4.69) is 33.7 Å². The number of pyridine rings is 1. The van der Waals surface area contributed by atoms with E-state index in [4.69, 9.17) is 0 Å². The van der Waals surface area contributed by atoms with Crippen molar-refractivity contribution >= 4 is 33.2 Å². The number of anilines is 3. The van der Waals surface area contributed by atoms with Gasteiger partial charge in [-0.25, -0.2) is 22.6 Å². The number of nitrogens with zero attached hydrogens (tertiary/aromatic N) is 3. The van der Waals surface area contributed by atoms with Gasteiger partial charge >= 0.3 is 5.97 Å². The van der Waals surface area contributed by atoms with E-state index in [0.29, 0.717) is 19.6 Å². The van der Waals surface area contributed by atoms with Gasteiger partial charge in [0.1, 0.15) is 17.2 Å². The average Bonchev–Trinajstić information content (AvgIpc) is 2.79. The molecular weight excluding hydrogens is 459 g/mol. The summed E-state index contributed by atoms with van der Waals surface area (Å²) < 4.78 is 40.6. The molecule has 0 amide bonds. The molecule has 1 fully saturated rings. The molecule has 1 atom stereocenters. The summed E-state index contributed by atoms with van der Waals surface area (Å²) in [5.74, 6) is -1.48. The van der Waals surface area contributed by atoms with Crippen LogP contribution in [0, 0.1) is 12.7 Å². The van der Waals surface area contributed by atoms with Crippen molar-refractivity contribution in [1.82, 2.24) is 4.98 Å². The smallest absolute Gasteiger partial charge is 0.339 e. The van der Waals surface area contributed by atoms with Crippen molar-refractivity contribution in [3.05, 3.63) is 77.7 Å². The third-order valence-corrected chi connectivity index (χ3v) is 7.13. The molecule has 0 radical (unpaired) electrons. The highest BCUT2D eigenvalue weighted by molar-refractivity contribution is 7.92. The highest BCUT2D eigenvalue weighted by atomic mass is 32.2. The minimum Gasteiger partial charge on any atom is -0.478 e. The summed E-state index contributed by atoms with van der Waals surface area (Å²) >= 11 is 0. The van der Waals surface area contributed by atoms with Crippen LogP contribution in [-0.2, 0) is 10.0 Å². The Bertz CT molecular complexity index is 1310.